The highest BCUT2D eigenvalue weighted by Crippen LogP contribution is 2.31. The van der Waals surface area contributed by atoms with Gasteiger partial charge in [-0.2, -0.15) is 0 Å². The zero-order valence-electron chi connectivity index (χ0n) is 17.3. The summed E-state index contributed by atoms with van der Waals surface area (Å²) in [7, 11) is 3.88. The molecular formula is C24H32N2O2. The molecule has 4 heteroatoms. The molecule has 1 atom stereocenters. The Balaban J connectivity index is 1.72. The van der Waals surface area contributed by atoms with Crippen LogP contribution < -0.4 is 9.47 Å². The molecule has 1 aliphatic heterocycles. The Morgan fingerprint density at radius 2 is 1.64 bits per heavy atom. The Hall–Kier alpha value is -2.30. The quantitative estimate of drug-likeness (QED) is 0.624. The van der Waals surface area contributed by atoms with Crippen LogP contribution in [-0.2, 0) is 0 Å². The number of benzene rings is 2. The average Bonchev–Trinajstić information content (AvgIpc) is 2.74. The maximum absolute atomic E-state index is 6.43. The van der Waals surface area contributed by atoms with Crippen LogP contribution in [0.5, 0.6) is 11.5 Å². The van der Waals surface area contributed by atoms with Gasteiger partial charge in [0.15, 0.2) is 17.7 Å². The van der Waals surface area contributed by atoms with Crippen molar-refractivity contribution in [3.05, 3.63) is 59.7 Å². The molecule has 0 aliphatic carbocycles. The van der Waals surface area contributed by atoms with E-state index >= 15 is 0 Å². The molecule has 0 saturated carbocycles. The van der Waals surface area contributed by atoms with Crippen molar-refractivity contribution in [2.75, 3.05) is 40.3 Å². The minimum Gasteiger partial charge on any atom is -0.493 e. The second-order valence-electron chi connectivity index (χ2n) is 7.35. The van der Waals surface area contributed by atoms with Gasteiger partial charge in [-0.05, 0) is 36.7 Å². The largest absolute Gasteiger partial charge is 0.493 e. The number of hydrogen-bond acceptors (Lipinski definition) is 4. The van der Waals surface area contributed by atoms with Crippen molar-refractivity contribution in [3.8, 4) is 11.5 Å². The summed E-state index contributed by atoms with van der Waals surface area (Å²) < 4.78 is 12.1. The van der Waals surface area contributed by atoms with Crippen LogP contribution in [0.1, 0.15) is 30.9 Å². The summed E-state index contributed by atoms with van der Waals surface area (Å²) in [5.41, 5.74) is 2.28. The highest BCUT2D eigenvalue weighted by Gasteiger charge is 2.24. The SMILES string of the molecule is CCCC(Oc1ccc(/C=C/c2ccccc2)cc1OC)N1CCN(C)CC1. The predicted octanol–water partition coefficient (Wildman–Crippen LogP) is 4.62. The van der Waals surface area contributed by atoms with Gasteiger partial charge in [-0.3, -0.25) is 4.90 Å². The molecule has 4 nitrogen and oxygen atoms in total. The zero-order valence-corrected chi connectivity index (χ0v) is 17.3. The van der Waals surface area contributed by atoms with Gasteiger partial charge < -0.3 is 14.4 Å². The third-order valence-corrected chi connectivity index (χ3v) is 5.20. The van der Waals surface area contributed by atoms with Crippen LogP contribution in [0.4, 0.5) is 0 Å². The molecule has 1 saturated heterocycles. The summed E-state index contributed by atoms with van der Waals surface area (Å²) in [6.07, 6.45) is 6.42. The van der Waals surface area contributed by atoms with E-state index < -0.39 is 0 Å². The highest BCUT2D eigenvalue weighted by atomic mass is 16.5. The Kier molecular flexibility index (Phi) is 7.52. The number of ether oxygens (including phenoxy) is 2. The number of nitrogens with zero attached hydrogens (tertiary/aromatic N) is 2. The normalized spacial score (nSPS) is 17.0. The minimum absolute atomic E-state index is 0.0957. The van der Waals surface area contributed by atoms with E-state index in [1.54, 1.807) is 7.11 Å². The van der Waals surface area contributed by atoms with Gasteiger partial charge in [0, 0.05) is 26.2 Å². The lowest BCUT2D eigenvalue weighted by atomic mass is 10.1. The Bertz CT molecular complexity index is 752. The third-order valence-electron chi connectivity index (χ3n) is 5.20. The molecule has 2 aromatic carbocycles. The molecule has 1 unspecified atom stereocenters. The molecule has 0 N–H and O–H groups in total. The molecular weight excluding hydrogens is 348 g/mol. The summed E-state index contributed by atoms with van der Waals surface area (Å²) in [6.45, 7) is 6.47. The maximum Gasteiger partial charge on any atom is 0.163 e. The van der Waals surface area contributed by atoms with Crippen molar-refractivity contribution in [1.29, 1.82) is 0 Å². The minimum atomic E-state index is 0.0957. The first-order chi connectivity index (χ1) is 13.7. The summed E-state index contributed by atoms with van der Waals surface area (Å²) in [4.78, 5) is 4.82. The summed E-state index contributed by atoms with van der Waals surface area (Å²) in [5, 5.41) is 0. The standard InChI is InChI=1S/C24H32N2O2/c1-4-8-24(26-17-15-25(2)16-18-26)28-22-14-13-21(19-23(22)27-3)12-11-20-9-6-5-7-10-20/h5-7,9-14,19,24H,4,8,15-18H2,1-3H3/b12-11+. The Morgan fingerprint density at radius 3 is 2.32 bits per heavy atom. The van der Waals surface area contributed by atoms with Crippen LogP contribution in [0, 0.1) is 0 Å². The number of piperazine rings is 1. The topological polar surface area (TPSA) is 24.9 Å². The fourth-order valence-corrected chi connectivity index (χ4v) is 3.46. The van der Waals surface area contributed by atoms with Crippen LogP contribution in [0.25, 0.3) is 12.2 Å². The van der Waals surface area contributed by atoms with Crippen molar-refractivity contribution >= 4 is 12.2 Å². The van der Waals surface area contributed by atoms with Crippen molar-refractivity contribution < 1.29 is 9.47 Å². The molecule has 150 valence electrons. The first-order valence-corrected chi connectivity index (χ1v) is 10.2. The van der Waals surface area contributed by atoms with Crippen LogP contribution in [0.2, 0.25) is 0 Å². The van der Waals surface area contributed by atoms with Crippen molar-refractivity contribution in [2.24, 2.45) is 0 Å². The van der Waals surface area contributed by atoms with Gasteiger partial charge in [-0.15, -0.1) is 0 Å². The fourth-order valence-electron chi connectivity index (χ4n) is 3.46. The van der Waals surface area contributed by atoms with Crippen LogP contribution in [-0.4, -0.2) is 56.4 Å². The molecule has 1 fully saturated rings. The molecule has 0 radical (unpaired) electrons. The summed E-state index contributed by atoms with van der Waals surface area (Å²) >= 11 is 0. The second-order valence-corrected chi connectivity index (χ2v) is 7.35. The molecule has 1 heterocycles. The monoisotopic (exact) mass is 380 g/mol. The molecule has 0 aromatic heterocycles. The van der Waals surface area contributed by atoms with E-state index in [4.69, 9.17) is 9.47 Å². The average molecular weight is 381 g/mol. The van der Waals surface area contributed by atoms with Crippen LogP contribution in [0.3, 0.4) is 0 Å². The molecule has 1 aliphatic rings. The van der Waals surface area contributed by atoms with Gasteiger partial charge in [-0.25, -0.2) is 0 Å². The number of rotatable bonds is 8. The van der Waals surface area contributed by atoms with Gasteiger partial charge in [0.1, 0.15) is 0 Å². The van der Waals surface area contributed by atoms with E-state index in [2.05, 4.69) is 54.1 Å². The summed E-state index contributed by atoms with van der Waals surface area (Å²) in [6, 6.07) is 16.5. The molecule has 0 bridgehead atoms. The molecule has 0 amide bonds. The van der Waals surface area contributed by atoms with Crippen molar-refractivity contribution in [2.45, 2.75) is 26.0 Å². The molecule has 0 spiro atoms. The smallest absolute Gasteiger partial charge is 0.163 e. The lowest BCUT2D eigenvalue weighted by Crippen LogP contribution is -2.50. The molecule has 28 heavy (non-hydrogen) atoms. The van der Waals surface area contributed by atoms with E-state index in [9.17, 15) is 0 Å². The van der Waals surface area contributed by atoms with E-state index in [0.717, 1.165) is 56.1 Å². The van der Waals surface area contributed by atoms with E-state index in [1.807, 2.05) is 30.3 Å². The van der Waals surface area contributed by atoms with Gasteiger partial charge in [0.25, 0.3) is 0 Å². The third kappa shape index (κ3) is 5.60. The fraction of sp³-hybridized carbons (Fsp3) is 0.417. The zero-order chi connectivity index (χ0) is 19.8. The van der Waals surface area contributed by atoms with E-state index in [1.165, 1.54) is 5.56 Å². The highest BCUT2D eigenvalue weighted by molar-refractivity contribution is 5.70. The van der Waals surface area contributed by atoms with Crippen molar-refractivity contribution in [3.63, 3.8) is 0 Å². The van der Waals surface area contributed by atoms with Crippen molar-refractivity contribution in [1.82, 2.24) is 9.80 Å². The lowest BCUT2D eigenvalue weighted by Gasteiger charge is -2.37. The maximum atomic E-state index is 6.43. The van der Waals surface area contributed by atoms with E-state index in [-0.39, 0.29) is 6.23 Å². The Labute approximate surface area is 169 Å². The van der Waals surface area contributed by atoms with Gasteiger partial charge in [0.05, 0.1) is 7.11 Å². The second kappa shape index (κ2) is 10.3. The Morgan fingerprint density at radius 1 is 0.929 bits per heavy atom. The van der Waals surface area contributed by atoms with Gasteiger partial charge in [-0.1, -0.05) is 61.9 Å². The first kappa shape index (κ1) is 20.4. The lowest BCUT2D eigenvalue weighted by molar-refractivity contribution is -0.00986. The number of likely N-dealkylation sites (N-methyl/N-ethyl adjacent to an activating group) is 1. The van der Waals surface area contributed by atoms with Gasteiger partial charge in [0.2, 0.25) is 0 Å². The number of hydrogen-bond donors (Lipinski definition) is 0. The number of methoxy groups -OCH3 is 1. The molecule has 2 aromatic rings. The first-order valence-electron chi connectivity index (χ1n) is 10.2. The predicted molar refractivity (Wildman–Crippen MR) is 117 cm³/mol. The van der Waals surface area contributed by atoms with Crippen LogP contribution >= 0.6 is 0 Å². The van der Waals surface area contributed by atoms with Crippen LogP contribution in [0.15, 0.2) is 48.5 Å². The van der Waals surface area contributed by atoms with E-state index in [0.29, 0.717) is 0 Å². The van der Waals surface area contributed by atoms with Gasteiger partial charge >= 0.3 is 0 Å². The molecule has 3 rings (SSSR count). The summed E-state index contributed by atoms with van der Waals surface area (Å²) in [5.74, 6) is 1.60.